The van der Waals surface area contributed by atoms with E-state index in [1.54, 1.807) is 0 Å². The molecule has 0 amide bonds. The lowest BCUT2D eigenvalue weighted by Crippen LogP contribution is -2.40. The van der Waals surface area contributed by atoms with Gasteiger partial charge in [-0.2, -0.15) is 8.42 Å². The van der Waals surface area contributed by atoms with Crippen LogP contribution in [0.5, 0.6) is 0 Å². The van der Waals surface area contributed by atoms with Crippen molar-refractivity contribution in [3.8, 4) is 11.8 Å². The number of imidazole rings is 1. The fourth-order valence-electron chi connectivity index (χ4n) is 1.08. The summed E-state index contributed by atoms with van der Waals surface area (Å²) >= 11 is 0. The molecule has 1 aromatic rings. The van der Waals surface area contributed by atoms with Gasteiger partial charge >= 0.3 is 10.3 Å². The highest BCUT2D eigenvalue weighted by Crippen LogP contribution is 2.36. The van der Waals surface area contributed by atoms with Gasteiger partial charge in [0, 0.05) is 12.4 Å². The van der Waals surface area contributed by atoms with Crippen molar-refractivity contribution in [1.82, 2.24) is 8.96 Å². The van der Waals surface area contributed by atoms with Gasteiger partial charge in [0.2, 0.25) is 0 Å². The van der Waals surface area contributed by atoms with Crippen LogP contribution in [0.15, 0.2) is 18.7 Å². The SMILES string of the molecule is CC(C)(C)[Si](C)(C)OCC#CCOS(=O)(=O)n1ccnc1. The molecule has 21 heavy (non-hydrogen) atoms. The van der Waals surface area contributed by atoms with Crippen LogP contribution in [0.25, 0.3) is 0 Å². The van der Waals surface area contributed by atoms with Crippen molar-refractivity contribution in [2.75, 3.05) is 13.2 Å². The third-order valence-corrected chi connectivity index (χ3v) is 9.08. The minimum Gasteiger partial charge on any atom is -0.406 e. The molecule has 0 spiro atoms. The Labute approximate surface area is 127 Å². The molecule has 0 aromatic carbocycles. The molecule has 0 unspecified atom stereocenters. The van der Waals surface area contributed by atoms with E-state index in [4.69, 9.17) is 8.61 Å². The molecule has 6 nitrogen and oxygen atoms in total. The van der Waals surface area contributed by atoms with Gasteiger partial charge in [-0.3, -0.25) is 0 Å². The molecule has 0 aliphatic heterocycles. The lowest BCUT2D eigenvalue weighted by atomic mass is 10.2. The average molecular weight is 330 g/mol. The van der Waals surface area contributed by atoms with Crippen molar-refractivity contribution in [2.45, 2.75) is 38.9 Å². The molecule has 118 valence electrons. The van der Waals surface area contributed by atoms with Crippen molar-refractivity contribution in [3.63, 3.8) is 0 Å². The molecule has 1 rings (SSSR count). The third kappa shape index (κ3) is 5.28. The lowest BCUT2D eigenvalue weighted by Gasteiger charge is -2.35. The first kappa shape index (κ1) is 17.9. The van der Waals surface area contributed by atoms with Gasteiger partial charge in [-0.15, -0.1) is 0 Å². The minimum absolute atomic E-state index is 0.121. The van der Waals surface area contributed by atoms with Crippen molar-refractivity contribution in [1.29, 1.82) is 0 Å². The smallest absolute Gasteiger partial charge is 0.368 e. The average Bonchev–Trinajstić information content (AvgIpc) is 2.86. The largest absolute Gasteiger partial charge is 0.406 e. The van der Waals surface area contributed by atoms with E-state index in [1.165, 1.54) is 12.4 Å². The van der Waals surface area contributed by atoms with Crippen LogP contribution in [0.4, 0.5) is 0 Å². The summed E-state index contributed by atoms with van der Waals surface area (Å²) in [5, 5.41) is 0.121. The number of hydrogen-bond donors (Lipinski definition) is 0. The highest BCUT2D eigenvalue weighted by Gasteiger charge is 2.36. The molecule has 1 aromatic heterocycles. The summed E-state index contributed by atoms with van der Waals surface area (Å²) in [5.74, 6) is 5.42. The first-order chi connectivity index (χ1) is 9.56. The van der Waals surface area contributed by atoms with Crippen LogP contribution in [0.1, 0.15) is 20.8 Å². The fraction of sp³-hybridized carbons (Fsp3) is 0.615. The van der Waals surface area contributed by atoms with E-state index in [-0.39, 0.29) is 18.3 Å². The van der Waals surface area contributed by atoms with Gasteiger partial charge in [-0.05, 0) is 18.1 Å². The topological polar surface area (TPSA) is 70.4 Å². The number of hydrogen-bond acceptors (Lipinski definition) is 5. The fourth-order valence-corrected chi connectivity index (χ4v) is 2.65. The third-order valence-electron chi connectivity index (χ3n) is 3.45. The zero-order chi connectivity index (χ0) is 16.1. The van der Waals surface area contributed by atoms with E-state index in [2.05, 4.69) is 50.7 Å². The Hall–Kier alpha value is -1.14. The number of aromatic nitrogens is 2. The maximum absolute atomic E-state index is 11.6. The van der Waals surface area contributed by atoms with Crippen molar-refractivity contribution in [2.24, 2.45) is 0 Å². The molecule has 0 atom stereocenters. The lowest BCUT2D eigenvalue weighted by molar-refractivity contribution is 0.332. The van der Waals surface area contributed by atoms with Crippen molar-refractivity contribution < 1.29 is 17.0 Å². The molecule has 0 bridgehead atoms. The van der Waals surface area contributed by atoms with Crippen LogP contribution < -0.4 is 0 Å². The van der Waals surface area contributed by atoms with Gasteiger partial charge in [-0.1, -0.05) is 32.6 Å². The van der Waals surface area contributed by atoms with Gasteiger partial charge in [0.25, 0.3) is 0 Å². The van der Waals surface area contributed by atoms with Crippen LogP contribution in [-0.2, 0) is 18.9 Å². The highest BCUT2D eigenvalue weighted by atomic mass is 32.2. The normalized spacial score (nSPS) is 12.8. The summed E-state index contributed by atoms with van der Waals surface area (Å²) in [5.41, 5.74) is 0. The molecule has 8 heteroatoms. The first-order valence-electron chi connectivity index (χ1n) is 6.54. The van der Waals surface area contributed by atoms with E-state index < -0.39 is 18.6 Å². The molecule has 0 aliphatic carbocycles. The molecule has 0 saturated carbocycles. The molecule has 0 fully saturated rings. The second kappa shape index (κ2) is 6.75. The second-order valence-electron chi connectivity index (χ2n) is 6.02. The molecule has 0 saturated heterocycles. The maximum Gasteiger partial charge on any atom is 0.368 e. The van der Waals surface area contributed by atoms with Gasteiger partial charge in [0.05, 0.1) is 6.61 Å². The first-order valence-corrected chi connectivity index (χ1v) is 10.8. The van der Waals surface area contributed by atoms with Crippen LogP contribution in [0.2, 0.25) is 18.1 Å². The van der Waals surface area contributed by atoms with E-state index >= 15 is 0 Å². The minimum atomic E-state index is -3.84. The van der Waals surface area contributed by atoms with Crippen molar-refractivity contribution >= 4 is 18.6 Å². The van der Waals surface area contributed by atoms with E-state index in [1.807, 2.05) is 0 Å². The number of nitrogens with zero attached hydrogens (tertiary/aromatic N) is 2. The van der Waals surface area contributed by atoms with Gasteiger partial charge in [0.1, 0.15) is 12.9 Å². The van der Waals surface area contributed by atoms with Crippen LogP contribution >= 0.6 is 0 Å². The highest BCUT2D eigenvalue weighted by molar-refractivity contribution is 7.85. The van der Waals surface area contributed by atoms with Crippen LogP contribution in [0, 0.1) is 11.8 Å². The zero-order valence-corrected chi connectivity index (χ0v) is 14.9. The second-order valence-corrected chi connectivity index (χ2v) is 12.3. The molecule has 0 radical (unpaired) electrons. The predicted octanol–water partition coefficient (Wildman–Crippen LogP) is 2.02. The Morgan fingerprint density at radius 3 is 2.38 bits per heavy atom. The van der Waals surface area contributed by atoms with E-state index in [9.17, 15) is 8.42 Å². The maximum atomic E-state index is 11.6. The van der Waals surface area contributed by atoms with Crippen LogP contribution in [0.3, 0.4) is 0 Å². The van der Waals surface area contributed by atoms with Gasteiger partial charge in [-0.25, -0.2) is 13.1 Å². The Balaban J connectivity index is 2.42. The predicted molar refractivity (Wildman–Crippen MR) is 83.4 cm³/mol. The van der Waals surface area contributed by atoms with Gasteiger partial charge < -0.3 is 4.43 Å². The Bertz CT molecular complexity index is 607. The molecule has 0 N–H and O–H groups in total. The standard InChI is InChI=1S/C13H22N2O4SSi/c1-13(2,3)21(4,5)19-11-7-6-10-18-20(16,17)15-9-8-14-12-15/h8-9,12H,10-11H2,1-5H3. The monoisotopic (exact) mass is 330 g/mol. The summed E-state index contributed by atoms with van der Waals surface area (Å²) < 4.78 is 34.7. The van der Waals surface area contributed by atoms with Crippen LogP contribution in [-0.4, -0.2) is 38.9 Å². The molecular weight excluding hydrogens is 308 g/mol. The van der Waals surface area contributed by atoms with E-state index in [0.717, 1.165) is 10.3 Å². The zero-order valence-electron chi connectivity index (χ0n) is 13.1. The van der Waals surface area contributed by atoms with Crippen molar-refractivity contribution in [3.05, 3.63) is 18.7 Å². The summed E-state index contributed by atoms with van der Waals surface area (Å²) in [6.45, 7) is 10.8. The number of rotatable bonds is 5. The molecule has 1 heterocycles. The molecule has 0 aliphatic rings. The summed E-state index contributed by atoms with van der Waals surface area (Å²) in [4.78, 5) is 3.65. The van der Waals surface area contributed by atoms with Gasteiger partial charge in [0.15, 0.2) is 8.32 Å². The Kier molecular flexibility index (Phi) is 5.75. The Morgan fingerprint density at radius 1 is 1.24 bits per heavy atom. The Morgan fingerprint density at radius 2 is 1.86 bits per heavy atom. The summed E-state index contributed by atoms with van der Waals surface area (Å²) in [6, 6.07) is 0. The quantitative estimate of drug-likeness (QED) is 0.610. The van der Waals surface area contributed by atoms with E-state index in [0.29, 0.717) is 0 Å². The summed E-state index contributed by atoms with van der Waals surface area (Å²) in [6.07, 6.45) is 3.81. The summed E-state index contributed by atoms with van der Waals surface area (Å²) in [7, 11) is -5.66. The molecular formula is C13H22N2O4SSi.